The number of phenols is 2. The average Bonchev–Trinajstić information content (AvgIpc) is 2.76. The molecule has 0 aliphatic heterocycles. The van der Waals surface area contributed by atoms with Crippen LogP contribution in [0.15, 0.2) is 48.5 Å². The van der Waals surface area contributed by atoms with E-state index in [1.54, 1.807) is 24.3 Å². The van der Waals surface area contributed by atoms with Crippen molar-refractivity contribution in [1.29, 1.82) is 0 Å². The van der Waals surface area contributed by atoms with Gasteiger partial charge in [-0.3, -0.25) is 0 Å². The van der Waals surface area contributed by atoms with Gasteiger partial charge in [-0.25, -0.2) is 0 Å². The standard InChI is InChI=1S/C25H36O5/c1-3-25(2,21-9-13-23(28)14-10-21)24(20-7-11-22(27)12-8-20)6-4-5-16-29-18-19-30-17-15-26/h7-14,24,26-28H,3-6,15-19H2,1-2H3/t24-,25+/m1/s1. The lowest BCUT2D eigenvalue weighted by Crippen LogP contribution is -2.30. The highest BCUT2D eigenvalue weighted by molar-refractivity contribution is 5.37. The maximum absolute atomic E-state index is 9.73. The minimum atomic E-state index is -0.0936. The van der Waals surface area contributed by atoms with E-state index in [1.165, 1.54) is 11.1 Å². The number of hydrogen-bond donors (Lipinski definition) is 3. The molecule has 5 heteroatoms. The quantitative estimate of drug-likeness (QED) is 0.388. The van der Waals surface area contributed by atoms with Gasteiger partial charge in [-0.15, -0.1) is 0 Å². The molecule has 0 heterocycles. The Hall–Kier alpha value is -2.08. The highest BCUT2D eigenvalue weighted by atomic mass is 16.5. The molecule has 0 saturated carbocycles. The Bertz CT molecular complexity index is 713. The number of aliphatic hydroxyl groups excluding tert-OH is 1. The molecule has 3 N–H and O–H groups in total. The predicted octanol–water partition coefficient (Wildman–Crippen LogP) is 4.75. The summed E-state index contributed by atoms with van der Waals surface area (Å²) in [5.74, 6) is 0.830. The van der Waals surface area contributed by atoms with Crippen molar-refractivity contribution in [2.24, 2.45) is 0 Å². The first-order chi connectivity index (χ1) is 14.5. The van der Waals surface area contributed by atoms with E-state index >= 15 is 0 Å². The minimum Gasteiger partial charge on any atom is -0.508 e. The van der Waals surface area contributed by atoms with E-state index in [1.807, 2.05) is 24.3 Å². The summed E-state index contributed by atoms with van der Waals surface area (Å²) in [4.78, 5) is 0. The second-order valence-electron chi connectivity index (χ2n) is 7.91. The normalized spacial score (nSPS) is 14.4. The maximum Gasteiger partial charge on any atom is 0.115 e. The third-order valence-corrected chi connectivity index (χ3v) is 5.96. The van der Waals surface area contributed by atoms with Gasteiger partial charge in [-0.05, 0) is 66.0 Å². The van der Waals surface area contributed by atoms with Gasteiger partial charge in [0, 0.05) is 6.61 Å². The monoisotopic (exact) mass is 416 g/mol. The average molecular weight is 417 g/mol. The van der Waals surface area contributed by atoms with E-state index in [9.17, 15) is 10.2 Å². The Morgan fingerprint density at radius 1 is 0.800 bits per heavy atom. The summed E-state index contributed by atoms with van der Waals surface area (Å²) in [7, 11) is 0. The van der Waals surface area contributed by atoms with E-state index in [2.05, 4.69) is 13.8 Å². The number of aliphatic hydroxyl groups is 1. The van der Waals surface area contributed by atoms with Gasteiger partial charge in [0.25, 0.3) is 0 Å². The Kier molecular flexibility index (Phi) is 10.1. The van der Waals surface area contributed by atoms with Gasteiger partial charge in [-0.1, -0.05) is 44.5 Å². The molecule has 0 bridgehead atoms. The first-order valence-electron chi connectivity index (χ1n) is 10.9. The zero-order valence-corrected chi connectivity index (χ0v) is 18.2. The lowest BCUT2D eigenvalue weighted by molar-refractivity contribution is 0.0319. The van der Waals surface area contributed by atoms with Crippen LogP contribution in [-0.2, 0) is 14.9 Å². The fraction of sp³-hybridized carbons (Fsp3) is 0.520. The van der Waals surface area contributed by atoms with Crippen LogP contribution in [0.2, 0.25) is 0 Å². The highest BCUT2D eigenvalue weighted by Gasteiger charge is 2.35. The molecule has 0 unspecified atom stereocenters. The van der Waals surface area contributed by atoms with Crippen LogP contribution in [0.1, 0.15) is 56.6 Å². The molecule has 0 saturated heterocycles. The molecule has 0 aliphatic carbocycles. The van der Waals surface area contributed by atoms with E-state index in [-0.39, 0.29) is 29.4 Å². The van der Waals surface area contributed by atoms with Gasteiger partial charge >= 0.3 is 0 Å². The summed E-state index contributed by atoms with van der Waals surface area (Å²) in [6.07, 6.45) is 3.95. The van der Waals surface area contributed by atoms with Crippen molar-refractivity contribution in [3.05, 3.63) is 59.7 Å². The number of ether oxygens (including phenoxy) is 2. The molecular weight excluding hydrogens is 380 g/mol. The molecule has 0 aromatic heterocycles. The first kappa shape index (κ1) is 24.2. The molecule has 0 amide bonds. The van der Waals surface area contributed by atoms with Crippen LogP contribution in [0.4, 0.5) is 0 Å². The Balaban J connectivity index is 2.04. The van der Waals surface area contributed by atoms with Crippen molar-refractivity contribution in [3.63, 3.8) is 0 Å². The Morgan fingerprint density at radius 3 is 1.93 bits per heavy atom. The summed E-state index contributed by atoms with van der Waals surface area (Å²) in [6.45, 7) is 6.61. The van der Waals surface area contributed by atoms with Gasteiger partial charge in [0.05, 0.1) is 26.4 Å². The molecule has 0 radical (unpaired) electrons. The Morgan fingerprint density at radius 2 is 1.37 bits per heavy atom. The molecule has 0 aliphatic rings. The van der Waals surface area contributed by atoms with E-state index in [0.717, 1.165) is 25.7 Å². The fourth-order valence-electron chi connectivity index (χ4n) is 3.99. The fourth-order valence-corrected chi connectivity index (χ4v) is 3.99. The predicted molar refractivity (Wildman–Crippen MR) is 119 cm³/mol. The molecule has 2 aromatic carbocycles. The number of benzene rings is 2. The summed E-state index contributed by atoms with van der Waals surface area (Å²) < 4.78 is 10.8. The number of phenolic OH excluding ortho intramolecular Hbond substituents is 2. The first-order valence-corrected chi connectivity index (χ1v) is 10.9. The molecule has 5 nitrogen and oxygen atoms in total. The van der Waals surface area contributed by atoms with Gasteiger partial charge in [-0.2, -0.15) is 0 Å². The van der Waals surface area contributed by atoms with Crippen LogP contribution < -0.4 is 0 Å². The number of hydrogen-bond acceptors (Lipinski definition) is 5. The summed E-state index contributed by atoms with van der Waals surface area (Å²) in [5.41, 5.74) is 2.32. The second-order valence-corrected chi connectivity index (χ2v) is 7.91. The molecule has 30 heavy (non-hydrogen) atoms. The van der Waals surface area contributed by atoms with Crippen LogP contribution in [0.25, 0.3) is 0 Å². The van der Waals surface area contributed by atoms with Crippen LogP contribution >= 0.6 is 0 Å². The lowest BCUT2D eigenvalue weighted by atomic mass is 9.65. The molecule has 2 atom stereocenters. The Labute approximate surface area is 180 Å². The molecular formula is C25H36O5. The topological polar surface area (TPSA) is 79.2 Å². The third-order valence-electron chi connectivity index (χ3n) is 5.96. The van der Waals surface area contributed by atoms with Crippen molar-refractivity contribution < 1.29 is 24.8 Å². The molecule has 166 valence electrons. The zero-order chi connectivity index (χ0) is 21.8. The van der Waals surface area contributed by atoms with Gasteiger partial charge in [0.15, 0.2) is 0 Å². The maximum atomic E-state index is 9.73. The largest absolute Gasteiger partial charge is 0.508 e. The second kappa shape index (κ2) is 12.6. The SMILES string of the molecule is CC[C@@](C)(c1ccc(O)cc1)[C@H](CCCCOCCOCCO)c1ccc(O)cc1. The number of aromatic hydroxyl groups is 2. The molecule has 2 rings (SSSR count). The van der Waals surface area contributed by atoms with Crippen molar-refractivity contribution in [2.75, 3.05) is 33.0 Å². The number of unbranched alkanes of at least 4 members (excludes halogenated alkanes) is 1. The zero-order valence-electron chi connectivity index (χ0n) is 18.2. The van der Waals surface area contributed by atoms with Crippen LogP contribution in [0.3, 0.4) is 0 Å². The minimum absolute atomic E-state index is 0.0376. The molecule has 0 spiro atoms. The smallest absolute Gasteiger partial charge is 0.115 e. The van der Waals surface area contributed by atoms with Crippen LogP contribution in [0, 0.1) is 0 Å². The van der Waals surface area contributed by atoms with E-state index < -0.39 is 0 Å². The van der Waals surface area contributed by atoms with Gasteiger partial charge in [0.2, 0.25) is 0 Å². The highest BCUT2D eigenvalue weighted by Crippen LogP contribution is 2.45. The summed E-state index contributed by atoms with van der Waals surface area (Å²) in [5, 5.41) is 28.1. The van der Waals surface area contributed by atoms with E-state index in [4.69, 9.17) is 14.6 Å². The lowest BCUT2D eigenvalue weighted by Gasteiger charge is -2.38. The van der Waals surface area contributed by atoms with Crippen molar-refractivity contribution in [2.45, 2.75) is 50.9 Å². The van der Waals surface area contributed by atoms with Crippen molar-refractivity contribution in [3.8, 4) is 11.5 Å². The third kappa shape index (κ3) is 7.01. The molecule has 2 aromatic rings. The van der Waals surface area contributed by atoms with Crippen molar-refractivity contribution >= 4 is 0 Å². The summed E-state index contributed by atoms with van der Waals surface area (Å²) >= 11 is 0. The van der Waals surface area contributed by atoms with Crippen molar-refractivity contribution in [1.82, 2.24) is 0 Å². The molecule has 0 fully saturated rings. The van der Waals surface area contributed by atoms with Crippen LogP contribution in [-0.4, -0.2) is 48.4 Å². The summed E-state index contributed by atoms with van der Waals surface area (Å²) in [6, 6.07) is 15.1. The van der Waals surface area contributed by atoms with E-state index in [0.29, 0.717) is 26.4 Å². The van der Waals surface area contributed by atoms with Crippen LogP contribution in [0.5, 0.6) is 11.5 Å². The number of rotatable bonds is 14. The van der Waals surface area contributed by atoms with Gasteiger partial charge < -0.3 is 24.8 Å². The van der Waals surface area contributed by atoms with Gasteiger partial charge in [0.1, 0.15) is 11.5 Å².